The van der Waals surface area contributed by atoms with Crippen LogP contribution in [0.3, 0.4) is 0 Å². The Morgan fingerprint density at radius 3 is 2.80 bits per heavy atom. The molecule has 20 heavy (non-hydrogen) atoms. The van der Waals surface area contributed by atoms with Crippen molar-refractivity contribution in [2.45, 2.75) is 26.8 Å². The number of rotatable bonds is 5. The monoisotopic (exact) mass is 276 g/mol. The van der Waals surface area contributed by atoms with E-state index in [-0.39, 0.29) is 11.9 Å². The molecule has 2 aromatic heterocycles. The first-order valence-corrected chi connectivity index (χ1v) is 6.66. The van der Waals surface area contributed by atoms with Gasteiger partial charge in [-0.2, -0.15) is 5.10 Å². The van der Waals surface area contributed by atoms with Crippen molar-refractivity contribution >= 4 is 22.8 Å². The van der Waals surface area contributed by atoms with Crippen LogP contribution in [-0.2, 0) is 11.8 Å². The molecule has 0 radical (unpaired) electrons. The van der Waals surface area contributed by atoms with Crippen LogP contribution in [0.5, 0.6) is 0 Å². The molecule has 2 heterocycles. The summed E-state index contributed by atoms with van der Waals surface area (Å²) in [5.41, 5.74) is 0.734. The smallest absolute Gasteiger partial charge is 0.242 e. The number of amides is 1. The fraction of sp³-hybridized carbons (Fsp3) is 0.538. The predicted molar refractivity (Wildman–Crippen MR) is 77.2 cm³/mol. The molecule has 2 aromatic rings. The van der Waals surface area contributed by atoms with E-state index in [2.05, 4.69) is 39.5 Å². The van der Waals surface area contributed by atoms with E-state index >= 15 is 0 Å². The van der Waals surface area contributed by atoms with Gasteiger partial charge in [-0.25, -0.2) is 9.97 Å². The first-order valence-electron chi connectivity index (χ1n) is 6.66. The standard InChI is InChI=1S/C13H20N6O/c1-8(2)5-14-13(20)9(3)18-11-10-6-17-19(4)12(10)16-7-15-11/h6-9H,5H2,1-4H3,(H,14,20)(H,15,16,18). The van der Waals surface area contributed by atoms with E-state index in [0.717, 1.165) is 11.0 Å². The zero-order valence-corrected chi connectivity index (χ0v) is 12.2. The molecule has 108 valence electrons. The molecular formula is C13H20N6O. The van der Waals surface area contributed by atoms with E-state index in [1.807, 2.05) is 7.05 Å². The number of anilines is 1. The third-order valence-corrected chi connectivity index (χ3v) is 2.96. The molecule has 0 bridgehead atoms. The average molecular weight is 276 g/mol. The Balaban J connectivity index is 2.10. The lowest BCUT2D eigenvalue weighted by Gasteiger charge is -2.15. The van der Waals surface area contributed by atoms with Gasteiger partial charge in [0, 0.05) is 13.6 Å². The first-order chi connectivity index (χ1) is 9.49. The molecule has 1 amide bonds. The largest absolute Gasteiger partial charge is 0.358 e. The fourth-order valence-corrected chi connectivity index (χ4v) is 1.81. The molecule has 7 nitrogen and oxygen atoms in total. The Morgan fingerprint density at radius 2 is 2.10 bits per heavy atom. The van der Waals surface area contributed by atoms with Gasteiger partial charge < -0.3 is 10.6 Å². The molecule has 0 aliphatic carbocycles. The van der Waals surface area contributed by atoms with Crippen molar-refractivity contribution in [3.05, 3.63) is 12.5 Å². The van der Waals surface area contributed by atoms with E-state index in [1.165, 1.54) is 6.33 Å². The highest BCUT2D eigenvalue weighted by molar-refractivity contribution is 5.90. The zero-order valence-electron chi connectivity index (χ0n) is 12.2. The predicted octanol–water partition coefficient (Wildman–Crippen LogP) is 0.936. The van der Waals surface area contributed by atoms with E-state index < -0.39 is 0 Å². The van der Waals surface area contributed by atoms with Crippen LogP contribution in [0.2, 0.25) is 0 Å². The van der Waals surface area contributed by atoms with Crippen LogP contribution in [-0.4, -0.2) is 38.2 Å². The maximum absolute atomic E-state index is 12.0. The number of carbonyl (C=O) groups excluding carboxylic acids is 1. The minimum Gasteiger partial charge on any atom is -0.358 e. The van der Waals surface area contributed by atoms with Crippen molar-refractivity contribution in [3.8, 4) is 0 Å². The van der Waals surface area contributed by atoms with Crippen molar-refractivity contribution in [3.63, 3.8) is 0 Å². The van der Waals surface area contributed by atoms with Gasteiger partial charge in [-0.1, -0.05) is 13.8 Å². The van der Waals surface area contributed by atoms with Gasteiger partial charge in [0.2, 0.25) is 5.91 Å². The van der Waals surface area contributed by atoms with Crippen LogP contribution in [0.25, 0.3) is 11.0 Å². The second kappa shape index (κ2) is 5.85. The van der Waals surface area contributed by atoms with E-state index in [1.54, 1.807) is 17.8 Å². The summed E-state index contributed by atoms with van der Waals surface area (Å²) in [4.78, 5) is 20.3. The van der Waals surface area contributed by atoms with Gasteiger partial charge in [-0.05, 0) is 12.8 Å². The van der Waals surface area contributed by atoms with Gasteiger partial charge >= 0.3 is 0 Å². The number of aromatic nitrogens is 4. The maximum Gasteiger partial charge on any atom is 0.242 e. The maximum atomic E-state index is 12.0. The minimum absolute atomic E-state index is 0.0469. The third-order valence-electron chi connectivity index (χ3n) is 2.96. The van der Waals surface area contributed by atoms with E-state index in [0.29, 0.717) is 18.3 Å². The summed E-state index contributed by atoms with van der Waals surface area (Å²) >= 11 is 0. The molecule has 0 fully saturated rings. The highest BCUT2D eigenvalue weighted by Crippen LogP contribution is 2.18. The minimum atomic E-state index is -0.368. The Hall–Kier alpha value is -2.18. The lowest BCUT2D eigenvalue weighted by Crippen LogP contribution is -2.39. The summed E-state index contributed by atoms with van der Waals surface area (Å²) < 4.78 is 1.67. The van der Waals surface area contributed by atoms with Gasteiger partial charge in [0.1, 0.15) is 18.2 Å². The highest BCUT2D eigenvalue weighted by Gasteiger charge is 2.15. The fourth-order valence-electron chi connectivity index (χ4n) is 1.81. The number of nitrogens with one attached hydrogen (secondary N) is 2. The summed E-state index contributed by atoms with van der Waals surface area (Å²) in [6.07, 6.45) is 3.15. The van der Waals surface area contributed by atoms with Crippen molar-refractivity contribution in [2.75, 3.05) is 11.9 Å². The topological polar surface area (TPSA) is 84.7 Å². The summed E-state index contributed by atoms with van der Waals surface area (Å²) in [6, 6.07) is -0.368. The molecule has 0 spiro atoms. The second-order valence-electron chi connectivity index (χ2n) is 5.23. The Bertz CT molecular complexity index is 606. The Morgan fingerprint density at radius 1 is 1.35 bits per heavy atom. The molecule has 0 saturated heterocycles. The lowest BCUT2D eigenvalue weighted by atomic mass is 10.2. The van der Waals surface area contributed by atoms with Crippen LogP contribution >= 0.6 is 0 Å². The summed E-state index contributed by atoms with van der Waals surface area (Å²) in [6.45, 7) is 6.58. The molecule has 1 unspecified atom stereocenters. The first kappa shape index (κ1) is 14.2. The number of nitrogens with zero attached hydrogens (tertiary/aromatic N) is 4. The normalized spacial score (nSPS) is 12.7. The highest BCUT2D eigenvalue weighted by atomic mass is 16.2. The van der Waals surface area contributed by atoms with Crippen molar-refractivity contribution in [1.29, 1.82) is 0 Å². The number of aryl methyl sites for hydroxylation is 1. The Kier molecular flexibility index (Phi) is 4.16. The van der Waals surface area contributed by atoms with E-state index in [4.69, 9.17) is 0 Å². The van der Waals surface area contributed by atoms with Crippen LogP contribution in [0.4, 0.5) is 5.82 Å². The van der Waals surface area contributed by atoms with Crippen molar-refractivity contribution < 1.29 is 4.79 Å². The number of carbonyl (C=O) groups is 1. The summed E-state index contributed by atoms with van der Waals surface area (Å²) in [5, 5.41) is 10.9. The van der Waals surface area contributed by atoms with Crippen molar-refractivity contribution in [1.82, 2.24) is 25.1 Å². The number of hydrogen-bond donors (Lipinski definition) is 2. The number of hydrogen-bond acceptors (Lipinski definition) is 5. The molecule has 2 rings (SSSR count). The summed E-state index contributed by atoms with van der Waals surface area (Å²) in [5.74, 6) is 1.000. The van der Waals surface area contributed by atoms with Gasteiger partial charge in [-0.15, -0.1) is 0 Å². The molecule has 7 heteroatoms. The van der Waals surface area contributed by atoms with Gasteiger partial charge in [0.25, 0.3) is 0 Å². The molecular weight excluding hydrogens is 256 g/mol. The quantitative estimate of drug-likeness (QED) is 0.849. The molecule has 1 atom stereocenters. The van der Waals surface area contributed by atoms with Crippen LogP contribution in [0.15, 0.2) is 12.5 Å². The molecule has 0 aliphatic heterocycles. The molecule has 0 saturated carbocycles. The summed E-state index contributed by atoms with van der Waals surface area (Å²) in [7, 11) is 1.82. The van der Waals surface area contributed by atoms with Crippen molar-refractivity contribution in [2.24, 2.45) is 13.0 Å². The van der Waals surface area contributed by atoms with Crippen LogP contribution in [0, 0.1) is 5.92 Å². The van der Waals surface area contributed by atoms with E-state index in [9.17, 15) is 4.79 Å². The van der Waals surface area contributed by atoms with Crippen LogP contribution < -0.4 is 10.6 Å². The van der Waals surface area contributed by atoms with Gasteiger partial charge in [0.15, 0.2) is 5.65 Å². The average Bonchev–Trinajstić information content (AvgIpc) is 2.79. The van der Waals surface area contributed by atoms with Gasteiger partial charge in [-0.3, -0.25) is 9.48 Å². The molecule has 0 aliphatic rings. The third kappa shape index (κ3) is 3.04. The Labute approximate surface area is 117 Å². The molecule has 2 N–H and O–H groups in total. The lowest BCUT2D eigenvalue weighted by molar-refractivity contribution is -0.121. The zero-order chi connectivity index (χ0) is 14.7. The number of fused-ring (bicyclic) bond motifs is 1. The SMILES string of the molecule is CC(C)CNC(=O)C(C)Nc1ncnc2c1cnn2C. The van der Waals surface area contributed by atoms with Gasteiger partial charge in [0.05, 0.1) is 11.6 Å². The van der Waals surface area contributed by atoms with Crippen LogP contribution in [0.1, 0.15) is 20.8 Å². The molecule has 0 aromatic carbocycles. The second-order valence-corrected chi connectivity index (χ2v) is 5.23.